The van der Waals surface area contributed by atoms with Gasteiger partial charge in [0.05, 0.1) is 10.9 Å². The molecule has 4 aromatic rings. The number of hydrogen-bond donors (Lipinski definition) is 2. The number of nitrogens with zero attached hydrogens (tertiary/aromatic N) is 5. The lowest BCUT2D eigenvalue weighted by molar-refractivity contribution is 0.0832. The van der Waals surface area contributed by atoms with E-state index in [1.807, 2.05) is 18.2 Å². The fourth-order valence-corrected chi connectivity index (χ4v) is 9.49. The number of fused-ring (bicyclic) bond motifs is 5. The number of aromatic hydroxyl groups is 1. The molecule has 1 aliphatic carbocycles. The Labute approximate surface area is 275 Å². The predicted octanol–water partition coefficient (Wildman–Crippen LogP) is 6.75. The van der Waals surface area contributed by atoms with E-state index in [1.54, 1.807) is 12.3 Å². The zero-order valence-corrected chi connectivity index (χ0v) is 27.5. The van der Waals surface area contributed by atoms with Crippen LogP contribution in [0.5, 0.6) is 11.8 Å². The van der Waals surface area contributed by atoms with Crippen molar-refractivity contribution in [1.82, 2.24) is 19.9 Å². The molecule has 4 fully saturated rings. The molecule has 46 heavy (non-hydrogen) atoms. The van der Waals surface area contributed by atoms with Gasteiger partial charge in [0.2, 0.25) is 0 Å². The Hall–Kier alpha value is -3.15. The number of phenols is 1. The Bertz CT molecular complexity index is 1820. The number of pyridine rings is 1. The van der Waals surface area contributed by atoms with Crippen LogP contribution < -0.4 is 15.4 Å². The minimum atomic E-state index is -0.888. The third kappa shape index (κ3) is 5.09. The van der Waals surface area contributed by atoms with Crippen molar-refractivity contribution < 1.29 is 18.6 Å². The summed E-state index contributed by atoms with van der Waals surface area (Å²) in [5, 5.41) is 12.5. The van der Waals surface area contributed by atoms with Crippen LogP contribution in [0.25, 0.3) is 32.9 Å². The molecule has 2 aromatic heterocycles. The summed E-state index contributed by atoms with van der Waals surface area (Å²) in [4.78, 5) is 18.6. The first-order valence-electron chi connectivity index (χ1n) is 16.5. The number of phenolic OH excluding ortho intramolecular Hbond substituents is 1. The van der Waals surface area contributed by atoms with E-state index in [4.69, 9.17) is 15.5 Å². The van der Waals surface area contributed by atoms with Gasteiger partial charge in [-0.05, 0) is 67.5 Å². The van der Waals surface area contributed by atoms with Crippen molar-refractivity contribution in [3.05, 3.63) is 46.8 Å². The SMILES string of the molecule is CC1CCC(N)CN(c2nc(OC[C@@]34C[C@@H](F)CN3[C@@H]3CCC[C@@H]3C4)nc3c(F)c(-c4cc(O)cc5cccc(Br)c45)ncc23)C1. The number of anilines is 1. The average molecular weight is 694 g/mol. The molecular weight excluding hydrogens is 654 g/mol. The van der Waals surface area contributed by atoms with E-state index in [0.717, 1.165) is 40.9 Å². The number of benzene rings is 2. The topological polar surface area (TPSA) is 101 Å². The Kier molecular flexibility index (Phi) is 7.57. The van der Waals surface area contributed by atoms with Gasteiger partial charge in [-0.2, -0.15) is 9.97 Å². The van der Waals surface area contributed by atoms with Gasteiger partial charge in [-0.15, -0.1) is 0 Å². The standard InChI is InChI=1S/C35H39BrF2N6O2/c1-19-8-9-23(39)17-43(15-19)33-26-14-40-31(25-11-24(45)10-20-4-2-6-27(36)29(20)25)30(38)32(26)41-34(42-33)46-18-35-12-21-5-3-7-28(21)44(35)16-22(37)13-35/h2,4,6,10-11,14,19,21-23,28,45H,3,5,7-9,12-13,15-18,39H2,1H3/t19?,21-,22-,23?,28-,35-/m1/s1. The molecule has 242 valence electrons. The molecule has 2 unspecified atom stereocenters. The van der Waals surface area contributed by atoms with Gasteiger partial charge in [0.25, 0.3) is 0 Å². The molecule has 6 atom stereocenters. The Morgan fingerprint density at radius 2 is 1.98 bits per heavy atom. The Morgan fingerprint density at radius 3 is 2.85 bits per heavy atom. The predicted molar refractivity (Wildman–Crippen MR) is 178 cm³/mol. The van der Waals surface area contributed by atoms with Crippen LogP contribution in [0, 0.1) is 17.7 Å². The van der Waals surface area contributed by atoms with Crippen molar-refractivity contribution >= 4 is 43.4 Å². The lowest BCUT2D eigenvalue weighted by atomic mass is 9.89. The lowest BCUT2D eigenvalue weighted by Crippen LogP contribution is -2.46. The van der Waals surface area contributed by atoms with Gasteiger partial charge in [0.15, 0.2) is 5.82 Å². The molecule has 3 aliphatic heterocycles. The highest BCUT2D eigenvalue weighted by molar-refractivity contribution is 9.10. The molecular formula is C35H39BrF2N6O2. The van der Waals surface area contributed by atoms with Gasteiger partial charge in [-0.3, -0.25) is 9.88 Å². The fraction of sp³-hybridized carbons (Fsp3) is 0.514. The van der Waals surface area contributed by atoms with Crippen LogP contribution in [0.2, 0.25) is 0 Å². The molecule has 0 spiro atoms. The first-order valence-corrected chi connectivity index (χ1v) is 17.3. The van der Waals surface area contributed by atoms with Gasteiger partial charge < -0.3 is 20.5 Å². The average Bonchev–Trinajstić information content (AvgIpc) is 3.63. The normalized spacial score (nSPS) is 29.8. The number of nitrogens with two attached hydrogens (primary N) is 1. The number of halogens is 3. The van der Waals surface area contributed by atoms with Crippen LogP contribution in [-0.4, -0.2) is 75.0 Å². The molecule has 0 amide bonds. The minimum Gasteiger partial charge on any atom is -0.508 e. The smallest absolute Gasteiger partial charge is 0.319 e. The molecule has 5 heterocycles. The van der Waals surface area contributed by atoms with Crippen molar-refractivity contribution in [2.24, 2.45) is 17.6 Å². The molecule has 1 saturated carbocycles. The third-order valence-electron chi connectivity index (χ3n) is 10.9. The molecule has 8 rings (SSSR count). The number of rotatable bonds is 5. The zero-order chi connectivity index (χ0) is 31.7. The molecule has 0 radical (unpaired) electrons. The Morgan fingerprint density at radius 1 is 1.11 bits per heavy atom. The molecule has 0 bridgehead atoms. The Balaban J connectivity index is 1.25. The van der Waals surface area contributed by atoms with Crippen LogP contribution in [0.1, 0.15) is 51.9 Å². The van der Waals surface area contributed by atoms with Crippen LogP contribution in [-0.2, 0) is 0 Å². The van der Waals surface area contributed by atoms with Crippen molar-refractivity contribution in [2.45, 2.75) is 75.7 Å². The van der Waals surface area contributed by atoms with E-state index >= 15 is 4.39 Å². The molecule has 8 nitrogen and oxygen atoms in total. The maximum absolute atomic E-state index is 16.9. The largest absolute Gasteiger partial charge is 0.508 e. The second-order valence-electron chi connectivity index (χ2n) is 14.1. The number of hydrogen-bond acceptors (Lipinski definition) is 8. The summed E-state index contributed by atoms with van der Waals surface area (Å²) in [6, 6.07) is 9.19. The highest BCUT2D eigenvalue weighted by Crippen LogP contribution is 2.52. The van der Waals surface area contributed by atoms with Crippen molar-refractivity contribution in [3.63, 3.8) is 0 Å². The van der Waals surface area contributed by atoms with Crippen LogP contribution >= 0.6 is 15.9 Å². The van der Waals surface area contributed by atoms with Gasteiger partial charge >= 0.3 is 6.01 Å². The fourth-order valence-electron chi connectivity index (χ4n) is 8.90. The third-order valence-corrected chi connectivity index (χ3v) is 11.5. The maximum atomic E-state index is 16.9. The lowest BCUT2D eigenvalue weighted by Gasteiger charge is -2.34. The van der Waals surface area contributed by atoms with Crippen LogP contribution in [0.15, 0.2) is 41.0 Å². The molecule has 4 aliphatic rings. The van der Waals surface area contributed by atoms with Crippen molar-refractivity contribution in [1.29, 1.82) is 0 Å². The van der Waals surface area contributed by atoms with Gasteiger partial charge in [-0.25, -0.2) is 8.78 Å². The van der Waals surface area contributed by atoms with Gasteiger partial charge in [0.1, 0.15) is 35.6 Å². The van der Waals surface area contributed by atoms with Gasteiger partial charge in [0, 0.05) is 59.8 Å². The highest BCUT2D eigenvalue weighted by Gasteiger charge is 2.58. The second kappa shape index (κ2) is 11.5. The van der Waals surface area contributed by atoms with E-state index in [-0.39, 0.29) is 35.6 Å². The van der Waals surface area contributed by atoms with E-state index < -0.39 is 17.5 Å². The highest BCUT2D eigenvalue weighted by atomic mass is 79.9. The first kappa shape index (κ1) is 30.2. The summed E-state index contributed by atoms with van der Waals surface area (Å²) in [6.07, 6.45) is 7.41. The minimum absolute atomic E-state index is 0.00899. The second-order valence-corrected chi connectivity index (χ2v) is 15.0. The molecule has 11 heteroatoms. The number of ether oxygens (including phenoxy) is 1. The van der Waals surface area contributed by atoms with E-state index in [0.29, 0.717) is 60.7 Å². The van der Waals surface area contributed by atoms with Crippen LogP contribution in [0.4, 0.5) is 14.6 Å². The summed E-state index contributed by atoms with van der Waals surface area (Å²) in [5.41, 5.74) is 6.70. The number of alkyl halides is 1. The quantitative estimate of drug-likeness (QED) is 0.237. The maximum Gasteiger partial charge on any atom is 0.319 e. The van der Waals surface area contributed by atoms with Gasteiger partial charge in [-0.1, -0.05) is 41.4 Å². The summed E-state index contributed by atoms with van der Waals surface area (Å²) >= 11 is 3.61. The zero-order valence-electron chi connectivity index (χ0n) is 25.9. The summed E-state index contributed by atoms with van der Waals surface area (Å²) in [7, 11) is 0. The van der Waals surface area contributed by atoms with E-state index in [9.17, 15) is 9.50 Å². The summed E-state index contributed by atoms with van der Waals surface area (Å²) < 4.78 is 38.9. The van der Waals surface area contributed by atoms with E-state index in [1.165, 1.54) is 18.9 Å². The van der Waals surface area contributed by atoms with Crippen molar-refractivity contribution in [2.75, 3.05) is 31.1 Å². The molecule has 3 saturated heterocycles. The number of aromatic nitrogens is 3. The van der Waals surface area contributed by atoms with Crippen LogP contribution in [0.3, 0.4) is 0 Å². The van der Waals surface area contributed by atoms with E-state index in [2.05, 4.69) is 42.6 Å². The molecule has 2 aromatic carbocycles. The molecule has 3 N–H and O–H groups in total. The van der Waals surface area contributed by atoms with Crippen molar-refractivity contribution in [3.8, 4) is 23.0 Å². The monoisotopic (exact) mass is 692 g/mol. The summed E-state index contributed by atoms with van der Waals surface area (Å²) in [6.45, 7) is 4.15. The summed E-state index contributed by atoms with van der Waals surface area (Å²) in [5.74, 6) is 0.847. The first-order chi connectivity index (χ1) is 22.2.